The van der Waals surface area contributed by atoms with Gasteiger partial charge in [0.05, 0.1) is 0 Å². The first kappa shape index (κ1) is 11.7. The molecule has 2 rings (SSSR count). The van der Waals surface area contributed by atoms with Crippen molar-refractivity contribution in [3.05, 3.63) is 41.3 Å². The highest BCUT2D eigenvalue weighted by Gasteiger charge is 2.05. The van der Waals surface area contributed by atoms with Crippen LogP contribution in [0.15, 0.2) is 41.3 Å². The molecule has 0 spiro atoms. The van der Waals surface area contributed by atoms with Crippen LogP contribution in [0.25, 0.3) is 10.4 Å². The van der Waals surface area contributed by atoms with E-state index in [2.05, 4.69) is 56.5 Å². The van der Waals surface area contributed by atoms with Crippen LogP contribution in [0.5, 0.6) is 0 Å². The van der Waals surface area contributed by atoms with Crippen molar-refractivity contribution in [2.75, 3.05) is 6.26 Å². The van der Waals surface area contributed by atoms with Gasteiger partial charge in [-0.05, 0) is 42.0 Å². The van der Waals surface area contributed by atoms with Gasteiger partial charge in [-0.1, -0.05) is 26.0 Å². The van der Waals surface area contributed by atoms with Crippen molar-refractivity contribution >= 4 is 23.1 Å². The highest BCUT2D eigenvalue weighted by atomic mass is 32.2. The number of hydrogen-bond donors (Lipinski definition) is 0. The van der Waals surface area contributed by atoms with E-state index in [-0.39, 0.29) is 0 Å². The second-order valence-electron chi connectivity index (χ2n) is 4.09. The van der Waals surface area contributed by atoms with Crippen molar-refractivity contribution in [2.24, 2.45) is 0 Å². The maximum absolute atomic E-state index is 2.24. The fourth-order valence-corrected chi connectivity index (χ4v) is 3.00. The maximum atomic E-state index is 2.24. The molecule has 84 valence electrons. The Morgan fingerprint density at radius 2 is 1.69 bits per heavy atom. The van der Waals surface area contributed by atoms with Gasteiger partial charge in [0.1, 0.15) is 0 Å². The fourth-order valence-electron chi connectivity index (χ4n) is 1.57. The lowest BCUT2D eigenvalue weighted by atomic mass is 10.1. The SMILES string of the molecule is CSc1ccc(-c2ccc(C(C)C)s2)cc1. The average molecular weight is 248 g/mol. The summed E-state index contributed by atoms with van der Waals surface area (Å²) in [7, 11) is 0. The first-order valence-corrected chi connectivity index (χ1v) is 7.49. The Morgan fingerprint density at radius 3 is 2.19 bits per heavy atom. The smallest absolute Gasteiger partial charge is 0.0345 e. The van der Waals surface area contributed by atoms with Crippen LogP contribution >= 0.6 is 23.1 Å². The Kier molecular flexibility index (Phi) is 3.72. The topological polar surface area (TPSA) is 0 Å². The van der Waals surface area contributed by atoms with Gasteiger partial charge in [0, 0.05) is 14.6 Å². The lowest BCUT2D eigenvalue weighted by Crippen LogP contribution is -1.77. The molecule has 0 aliphatic heterocycles. The Hall–Kier alpha value is -0.730. The van der Waals surface area contributed by atoms with E-state index in [0.717, 1.165) is 0 Å². The molecular formula is C14H16S2. The van der Waals surface area contributed by atoms with Crippen molar-refractivity contribution in [3.8, 4) is 10.4 Å². The standard InChI is InChI=1S/C14H16S2/c1-10(2)13-8-9-14(16-13)11-4-6-12(15-3)7-5-11/h4-10H,1-3H3. The predicted molar refractivity (Wildman–Crippen MR) is 75.6 cm³/mol. The minimum Gasteiger partial charge on any atom is -0.140 e. The predicted octanol–water partition coefficient (Wildman–Crippen LogP) is 5.26. The van der Waals surface area contributed by atoms with Crippen LogP contribution in [0.1, 0.15) is 24.6 Å². The third-order valence-corrected chi connectivity index (χ3v) is 4.75. The van der Waals surface area contributed by atoms with Crippen LogP contribution in [-0.2, 0) is 0 Å². The first-order chi connectivity index (χ1) is 7.70. The van der Waals surface area contributed by atoms with E-state index in [1.807, 2.05) is 11.3 Å². The normalized spacial score (nSPS) is 11.0. The summed E-state index contributed by atoms with van der Waals surface area (Å²) >= 11 is 3.69. The molecule has 0 bridgehead atoms. The molecule has 0 aliphatic carbocycles. The van der Waals surface area contributed by atoms with E-state index in [1.165, 1.54) is 20.2 Å². The highest BCUT2D eigenvalue weighted by Crippen LogP contribution is 2.32. The Balaban J connectivity index is 2.28. The monoisotopic (exact) mass is 248 g/mol. The van der Waals surface area contributed by atoms with Crippen molar-refractivity contribution < 1.29 is 0 Å². The molecule has 0 unspecified atom stereocenters. The minimum absolute atomic E-state index is 0.629. The third-order valence-electron chi connectivity index (χ3n) is 2.57. The van der Waals surface area contributed by atoms with E-state index in [1.54, 1.807) is 11.8 Å². The zero-order chi connectivity index (χ0) is 11.5. The molecule has 0 saturated carbocycles. The van der Waals surface area contributed by atoms with E-state index >= 15 is 0 Å². The van der Waals surface area contributed by atoms with E-state index < -0.39 is 0 Å². The molecule has 2 heteroatoms. The van der Waals surface area contributed by atoms with Gasteiger partial charge < -0.3 is 0 Å². The summed E-state index contributed by atoms with van der Waals surface area (Å²) < 4.78 is 0. The molecule has 16 heavy (non-hydrogen) atoms. The van der Waals surface area contributed by atoms with E-state index in [9.17, 15) is 0 Å². The number of thiophene rings is 1. The lowest BCUT2D eigenvalue weighted by Gasteiger charge is -2.00. The summed E-state index contributed by atoms with van der Waals surface area (Å²) in [4.78, 5) is 4.16. The third kappa shape index (κ3) is 2.50. The molecule has 0 atom stereocenters. The van der Waals surface area contributed by atoms with Crippen molar-refractivity contribution in [1.29, 1.82) is 0 Å². The van der Waals surface area contributed by atoms with Crippen molar-refractivity contribution in [2.45, 2.75) is 24.7 Å². The van der Waals surface area contributed by atoms with Gasteiger partial charge in [0.15, 0.2) is 0 Å². The van der Waals surface area contributed by atoms with E-state index in [4.69, 9.17) is 0 Å². The van der Waals surface area contributed by atoms with Gasteiger partial charge in [-0.15, -0.1) is 23.1 Å². The van der Waals surface area contributed by atoms with Gasteiger partial charge in [-0.3, -0.25) is 0 Å². The summed E-state index contributed by atoms with van der Waals surface area (Å²) in [6.45, 7) is 4.48. The molecular weight excluding hydrogens is 232 g/mol. The lowest BCUT2D eigenvalue weighted by molar-refractivity contribution is 0.890. The average Bonchev–Trinajstić information content (AvgIpc) is 2.78. The fraction of sp³-hybridized carbons (Fsp3) is 0.286. The van der Waals surface area contributed by atoms with Crippen LogP contribution in [0.4, 0.5) is 0 Å². The number of benzene rings is 1. The second-order valence-corrected chi connectivity index (χ2v) is 6.08. The number of rotatable bonds is 3. The van der Waals surface area contributed by atoms with Gasteiger partial charge in [-0.25, -0.2) is 0 Å². The van der Waals surface area contributed by atoms with Crippen LogP contribution in [0, 0.1) is 0 Å². The molecule has 0 nitrogen and oxygen atoms in total. The first-order valence-electron chi connectivity index (χ1n) is 5.45. The van der Waals surface area contributed by atoms with Gasteiger partial charge in [-0.2, -0.15) is 0 Å². The summed E-state index contributed by atoms with van der Waals surface area (Å²) in [5.74, 6) is 0.629. The Morgan fingerprint density at radius 1 is 1.00 bits per heavy atom. The van der Waals surface area contributed by atoms with Gasteiger partial charge in [0.2, 0.25) is 0 Å². The zero-order valence-electron chi connectivity index (χ0n) is 9.86. The van der Waals surface area contributed by atoms with Gasteiger partial charge in [0.25, 0.3) is 0 Å². The molecule has 0 fully saturated rings. The minimum atomic E-state index is 0.629. The molecule has 0 saturated heterocycles. The molecule has 0 radical (unpaired) electrons. The largest absolute Gasteiger partial charge is 0.140 e. The molecule has 2 aromatic rings. The van der Waals surface area contributed by atoms with Crippen LogP contribution in [0.2, 0.25) is 0 Å². The Labute approximate surface area is 106 Å². The molecule has 0 aliphatic rings. The summed E-state index contributed by atoms with van der Waals surface area (Å²) in [6.07, 6.45) is 2.11. The maximum Gasteiger partial charge on any atom is 0.0345 e. The summed E-state index contributed by atoms with van der Waals surface area (Å²) in [5, 5.41) is 0. The van der Waals surface area contributed by atoms with E-state index in [0.29, 0.717) is 5.92 Å². The molecule has 1 aromatic heterocycles. The highest BCUT2D eigenvalue weighted by molar-refractivity contribution is 7.98. The van der Waals surface area contributed by atoms with Crippen LogP contribution in [0.3, 0.4) is 0 Å². The molecule has 0 amide bonds. The van der Waals surface area contributed by atoms with Crippen LogP contribution < -0.4 is 0 Å². The van der Waals surface area contributed by atoms with Crippen molar-refractivity contribution in [3.63, 3.8) is 0 Å². The molecule has 1 heterocycles. The number of hydrogen-bond acceptors (Lipinski definition) is 2. The summed E-state index contributed by atoms with van der Waals surface area (Å²) in [5.41, 5.74) is 1.33. The van der Waals surface area contributed by atoms with Gasteiger partial charge >= 0.3 is 0 Å². The number of thioether (sulfide) groups is 1. The zero-order valence-corrected chi connectivity index (χ0v) is 11.5. The second kappa shape index (κ2) is 5.07. The quantitative estimate of drug-likeness (QED) is 0.668. The molecule has 1 aromatic carbocycles. The summed E-state index contributed by atoms with van der Waals surface area (Å²) in [6, 6.07) is 13.3. The Bertz CT molecular complexity index is 452. The van der Waals surface area contributed by atoms with Crippen molar-refractivity contribution in [1.82, 2.24) is 0 Å². The van der Waals surface area contributed by atoms with Crippen LogP contribution in [-0.4, -0.2) is 6.26 Å². The molecule has 0 N–H and O–H groups in total.